The Bertz CT molecular complexity index is 837. The molecule has 4 heteroatoms. The number of hydrogen-bond acceptors (Lipinski definition) is 4. The summed E-state index contributed by atoms with van der Waals surface area (Å²) in [5.41, 5.74) is 3.60. The highest BCUT2D eigenvalue weighted by atomic mass is 16.5. The molecule has 3 aromatic rings. The molecule has 1 N–H and O–H groups in total. The van der Waals surface area contributed by atoms with Crippen LogP contribution in [0.25, 0.3) is 0 Å². The lowest BCUT2D eigenvalue weighted by atomic mass is 10.0. The Hall–Kier alpha value is -2.69. The summed E-state index contributed by atoms with van der Waals surface area (Å²) in [6.07, 6.45) is 1.89. The molecule has 1 aromatic heterocycles. The molecule has 4 nitrogen and oxygen atoms in total. The van der Waals surface area contributed by atoms with Gasteiger partial charge in [-0.1, -0.05) is 48.5 Å². The van der Waals surface area contributed by atoms with Crippen molar-refractivity contribution in [2.75, 3.05) is 25.0 Å². The first-order valence-electron chi connectivity index (χ1n) is 9.48. The first-order chi connectivity index (χ1) is 13.3. The van der Waals surface area contributed by atoms with E-state index in [0.717, 1.165) is 31.2 Å². The van der Waals surface area contributed by atoms with Gasteiger partial charge in [0.25, 0.3) is 0 Å². The van der Waals surface area contributed by atoms with Crippen molar-refractivity contribution in [3.8, 4) is 0 Å². The molecular formula is C23H25N3O. The Morgan fingerprint density at radius 3 is 2.52 bits per heavy atom. The third-order valence-corrected chi connectivity index (χ3v) is 5.15. The van der Waals surface area contributed by atoms with Crippen LogP contribution in [0.15, 0.2) is 79.0 Å². The summed E-state index contributed by atoms with van der Waals surface area (Å²) in [6.45, 7) is 4.91. The number of benzene rings is 2. The number of nitrogens with one attached hydrogen (secondary N) is 1. The molecule has 0 unspecified atom stereocenters. The lowest BCUT2D eigenvalue weighted by Gasteiger charge is -2.37. The summed E-state index contributed by atoms with van der Waals surface area (Å²) >= 11 is 0. The van der Waals surface area contributed by atoms with Gasteiger partial charge in [-0.3, -0.25) is 4.90 Å². The zero-order valence-corrected chi connectivity index (χ0v) is 15.6. The minimum atomic E-state index is 0.105. The highest BCUT2D eigenvalue weighted by Gasteiger charge is 2.25. The first-order valence-corrected chi connectivity index (χ1v) is 9.48. The molecule has 2 heterocycles. The van der Waals surface area contributed by atoms with Crippen molar-refractivity contribution >= 4 is 11.5 Å². The van der Waals surface area contributed by atoms with Gasteiger partial charge >= 0.3 is 0 Å². The summed E-state index contributed by atoms with van der Waals surface area (Å²) in [5.74, 6) is 0.849. The van der Waals surface area contributed by atoms with E-state index in [4.69, 9.17) is 4.74 Å². The van der Waals surface area contributed by atoms with Crippen molar-refractivity contribution in [3.63, 3.8) is 0 Å². The second kappa shape index (κ2) is 8.33. The largest absolute Gasteiger partial charge is 0.371 e. The second-order valence-electron chi connectivity index (χ2n) is 6.90. The van der Waals surface area contributed by atoms with E-state index in [1.165, 1.54) is 11.1 Å². The van der Waals surface area contributed by atoms with Crippen LogP contribution in [0.1, 0.15) is 30.2 Å². The monoisotopic (exact) mass is 359 g/mol. The molecule has 2 atom stereocenters. The summed E-state index contributed by atoms with van der Waals surface area (Å²) in [7, 11) is 0. The maximum atomic E-state index is 6.06. The molecule has 1 aliphatic heterocycles. The van der Waals surface area contributed by atoms with Crippen LogP contribution in [0.3, 0.4) is 0 Å². The number of hydrogen-bond donors (Lipinski definition) is 1. The van der Waals surface area contributed by atoms with Gasteiger partial charge in [0.2, 0.25) is 0 Å². The summed E-state index contributed by atoms with van der Waals surface area (Å²) in [6, 6.07) is 25.4. The SMILES string of the molecule is C[C@H](c1ccccc1)N1CCO[C@@H](c2ccc(Nc3ccccn3)cc2)C1. The zero-order chi connectivity index (χ0) is 18.5. The van der Waals surface area contributed by atoms with E-state index in [9.17, 15) is 0 Å². The zero-order valence-electron chi connectivity index (χ0n) is 15.6. The minimum absolute atomic E-state index is 0.105. The molecule has 0 spiro atoms. The molecule has 0 saturated carbocycles. The molecule has 2 aromatic carbocycles. The maximum Gasteiger partial charge on any atom is 0.130 e. The minimum Gasteiger partial charge on any atom is -0.371 e. The van der Waals surface area contributed by atoms with E-state index < -0.39 is 0 Å². The molecule has 0 bridgehead atoms. The summed E-state index contributed by atoms with van der Waals surface area (Å²) in [5, 5.41) is 3.32. The normalized spacial score (nSPS) is 18.8. The molecule has 0 radical (unpaired) electrons. The lowest BCUT2D eigenvalue weighted by Crippen LogP contribution is -2.39. The molecule has 27 heavy (non-hydrogen) atoms. The molecular weight excluding hydrogens is 334 g/mol. The third-order valence-electron chi connectivity index (χ3n) is 5.15. The molecule has 0 amide bonds. The molecule has 1 fully saturated rings. The van der Waals surface area contributed by atoms with E-state index in [1.807, 2.05) is 18.2 Å². The smallest absolute Gasteiger partial charge is 0.130 e. The standard InChI is InChI=1S/C23H25N3O/c1-18(19-7-3-2-4-8-19)26-15-16-27-22(17-26)20-10-12-21(13-11-20)25-23-9-5-6-14-24-23/h2-14,18,22H,15-17H2,1H3,(H,24,25)/t18-,22-/m1/s1. The van der Waals surface area contributed by atoms with Crippen LogP contribution in [0.4, 0.5) is 11.5 Å². The van der Waals surface area contributed by atoms with Gasteiger partial charge in [0, 0.05) is 31.0 Å². The third kappa shape index (κ3) is 4.35. The fourth-order valence-corrected chi connectivity index (χ4v) is 3.53. The van der Waals surface area contributed by atoms with E-state index in [0.29, 0.717) is 6.04 Å². The summed E-state index contributed by atoms with van der Waals surface area (Å²) in [4.78, 5) is 6.81. The van der Waals surface area contributed by atoms with E-state index in [-0.39, 0.29) is 6.10 Å². The van der Waals surface area contributed by atoms with Gasteiger partial charge in [-0.15, -0.1) is 0 Å². The Labute approximate surface area is 160 Å². The van der Waals surface area contributed by atoms with Crippen molar-refractivity contribution in [2.24, 2.45) is 0 Å². The maximum absolute atomic E-state index is 6.06. The van der Waals surface area contributed by atoms with Crippen LogP contribution in [0.5, 0.6) is 0 Å². The van der Waals surface area contributed by atoms with E-state index in [1.54, 1.807) is 6.20 Å². The number of ether oxygens (including phenoxy) is 1. The average molecular weight is 359 g/mol. The van der Waals surface area contributed by atoms with Crippen LogP contribution in [-0.2, 0) is 4.74 Å². The van der Waals surface area contributed by atoms with Gasteiger partial charge in [-0.25, -0.2) is 4.98 Å². The summed E-state index contributed by atoms with van der Waals surface area (Å²) < 4.78 is 6.06. The molecule has 1 saturated heterocycles. The number of nitrogens with zero attached hydrogens (tertiary/aromatic N) is 2. The fourth-order valence-electron chi connectivity index (χ4n) is 3.53. The van der Waals surface area contributed by atoms with Crippen molar-refractivity contribution in [2.45, 2.75) is 19.1 Å². The Morgan fingerprint density at radius 2 is 1.78 bits per heavy atom. The number of morpholine rings is 1. The van der Waals surface area contributed by atoms with Gasteiger partial charge in [0.15, 0.2) is 0 Å². The quantitative estimate of drug-likeness (QED) is 0.699. The molecule has 138 valence electrons. The highest BCUT2D eigenvalue weighted by Crippen LogP contribution is 2.29. The van der Waals surface area contributed by atoms with Gasteiger partial charge in [-0.05, 0) is 42.3 Å². The average Bonchev–Trinajstić information content (AvgIpc) is 2.75. The van der Waals surface area contributed by atoms with Crippen molar-refractivity contribution in [1.82, 2.24) is 9.88 Å². The Kier molecular flexibility index (Phi) is 5.47. The van der Waals surface area contributed by atoms with E-state index in [2.05, 4.69) is 76.7 Å². The Balaban J connectivity index is 1.42. The molecule has 1 aliphatic rings. The first kappa shape index (κ1) is 17.7. The van der Waals surface area contributed by atoms with Crippen molar-refractivity contribution in [3.05, 3.63) is 90.1 Å². The number of aromatic nitrogens is 1. The number of anilines is 2. The highest BCUT2D eigenvalue weighted by molar-refractivity contribution is 5.56. The lowest BCUT2D eigenvalue weighted by molar-refractivity contribution is -0.0431. The van der Waals surface area contributed by atoms with Crippen LogP contribution < -0.4 is 5.32 Å². The second-order valence-corrected chi connectivity index (χ2v) is 6.90. The van der Waals surface area contributed by atoms with E-state index >= 15 is 0 Å². The predicted molar refractivity (Wildman–Crippen MR) is 109 cm³/mol. The molecule has 0 aliphatic carbocycles. The number of rotatable bonds is 5. The predicted octanol–water partition coefficient (Wildman–Crippen LogP) is 4.96. The van der Waals surface area contributed by atoms with Gasteiger partial charge in [-0.2, -0.15) is 0 Å². The van der Waals surface area contributed by atoms with Gasteiger partial charge < -0.3 is 10.1 Å². The topological polar surface area (TPSA) is 37.4 Å². The van der Waals surface area contributed by atoms with Crippen LogP contribution in [-0.4, -0.2) is 29.6 Å². The van der Waals surface area contributed by atoms with Crippen LogP contribution in [0, 0.1) is 0 Å². The number of pyridine rings is 1. The fraction of sp³-hybridized carbons (Fsp3) is 0.261. The van der Waals surface area contributed by atoms with Gasteiger partial charge in [0.1, 0.15) is 5.82 Å². The van der Waals surface area contributed by atoms with Gasteiger partial charge in [0.05, 0.1) is 12.7 Å². The van der Waals surface area contributed by atoms with Crippen LogP contribution in [0.2, 0.25) is 0 Å². The van der Waals surface area contributed by atoms with Crippen LogP contribution >= 0.6 is 0 Å². The van der Waals surface area contributed by atoms with Crippen molar-refractivity contribution < 1.29 is 4.74 Å². The molecule has 4 rings (SSSR count). The van der Waals surface area contributed by atoms with Crippen molar-refractivity contribution in [1.29, 1.82) is 0 Å². The Morgan fingerprint density at radius 1 is 1.00 bits per heavy atom.